The van der Waals surface area contributed by atoms with Gasteiger partial charge in [0, 0.05) is 53.1 Å². The zero-order valence-corrected chi connectivity index (χ0v) is 38.5. The van der Waals surface area contributed by atoms with Crippen LogP contribution in [0.1, 0.15) is 114 Å². The monoisotopic (exact) mass is 889 g/mol. The molecule has 4 atom stereocenters. The Morgan fingerprint density at radius 3 is 2.21 bits per heavy atom. The number of nitrogens with one attached hydrogen (secondary N) is 3. The maximum atomic E-state index is 13.9. The van der Waals surface area contributed by atoms with Gasteiger partial charge in [0.2, 0.25) is 17.7 Å². The van der Waals surface area contributed by atoms with Gasteiger partial charge in [-0.1, -0.05) is 102 Å². The van der Waals surface area contributed by atoms with E-state index in [1.807, 2.05) is 64.1 Å². The minimum atomic E-state index is -0.948. The first kappa shape index (κ1) is 48.4. The molecule has 4 amide bonds. The first-order valence-electron chi connectivity index (χ1n) is 21.3. The number of aliphatic hydroxyl groups excluding tert-OH is 1. The van der Waals surface area contributed by atoms with Crippen molar-refractivity contribution in [2.45, 2.75) is 124 Å². The summed E-state index contributed by atoms with van der Waals surface area (Å²) in [4.78, 5) is 55.1. The van der Waals surface area contributed by atoms with Gasteiger partial charge < -0.3 is 35.4 Å². The molecule has 3 aromatic rings. The molecule has 2 aliphatic rings. The van der Waals surface area contributed by atoms with E-state index in [2.05, 4.69) is 49.7 Å². The molecule has 12 nitrogen and oxygen atoms in total. The number of amides is 4. The van der Waals surface area contributed by atoms with Gasteiger partial charge in [0.15, 0.2) is 0 Å². The molecule has 0 radical (unpaired) electrons. The number of rotatable bonds is 17. The number of nitriles is 1. The van der Waals surface area contributed by atoms with Crippen LogP contribution in [0, 0.1) is 27.6 Å². The summed E-state index contributed by atoms with van der Waals surface area (Å²) in [5, 5.41) is 29.6. The number of likely N-dealkylation sites (tertiary alicyclic amines) is 1. The first-order chi connectivity index (χ1) is 29.1. The molecule has 0 bridgehead atoms. The third kappa shape index (κ3) is 11.7. The molecule has 1 aliphatic heterocycles. The predicted molar refractivity (Wildman–Crippen MR) is 240 cm³/mol. The van der Waals surface area contributed by atoms with Gasteiger partial charge in [-0.05, 0) is 79.1 Å². The van der Waals surface area contributed by atoms with Crippen molar-refractivity contribution in [3.05, 3.63) is 99.0 Å². The first-order valence-corrected chi connectivity index (χ1v) is 22.1. The van der Waals surface area contributed by atoms with Crippen LogP contribution in [0.5, 0.6) is 5.75 Å². The van der Waals surface area contributed by atoms with E-state index < -0.39 is 35.4 Å². The van der Waals surface area contributed by atoms with E-state index in [1.165, 1.54) is 4.90 Å². The highest BCUT2D eigenvalue weighted by atomic mass is 35.5. The second-order valence-corrected chi connectivity index (χ2v) is 19.7. The summed E-state index contributed by atoms with van der Waals surface area (Å²) in [5.41, 5.74) is 1.49. The molecule has 1 aliphatic carbocycles. The Balaban J connectivity index is 1.02. The summed E-state index contributed by atoms with van der Waals surface area (Å²) >= 11 is 12.2. The molecule has 62 heavy (non-hydrogen) atoms. The second-order valence-electron chi connectivity index (χ2n) is 18.9. The minimum absolute atomic E-state index is 0.0147. The van der Waals surface area contributed by atoms with Crippen LogP contribution in [0.15, 0.2) is 66.7 Å². The van der Waals surface area contributed by atoms with Crippen LogP contribution in [0.25, 0.3) is 0 Å². The van der Waals surface area contributed by atoms with Crippen molar-refractivity contribution in [2.75, 3.05) is 19.8 Å². The summed E-state index contributed by atoms with van der Waals surface area (Å²) in [6.45, 7) is 15.8. The molecule has 1 saturated carbocycles. The molecule has 334 valence electrons. The summed E-state index contributed by atoms with van der Waals surface area (Å²) in [6, 6.07) is 19.5. The Hall–Kier alpha value is -4.67. The van der Waals surface area contributed by atoms with E-state index in [0.29, 0.717) is 33.5 Å². The molecular formula is C48H61Cl2N5O7. The van der Waals surface area contributed by atoms with Crippen molar-refractivity contribution < 1.29 is 33.8 Å². The highest BCUT2D eigenvalue weighted by Crippen LogP contribution is 2.55. The Labute approximate surface area is 376 Å². The van der Waals surface area contributed by atoms with Crippen molar-refractivity contribution in [3.63, 3.8) is 0 Å². The van der Waals surface area contributed by atoms with E-state index in [0.717, 1.165) is 36.8 Å². The van der Waals surface area contributed by atoms with E-state index in [-0.39, 0.29) is 60.4 Å². The fourth-order valence-electron chi connectivity index (χ4n) is 8.98. The number of ether oxygens (including phenoxy) is 2. The van der Waals surface area contributed by atoms with Gasteiger partial charge in [0.05, 0.1) is 22.7 Å². The number of hydrogen-bond donors (Lipinski definition) is 4. The molecule has 3 aromatic carbocycles. The fourth-order valence-corrected chi connectivity index (χ4v) is 9.31. The molecule has 1 unspecified atom stereocenters. The number of aliphatic hydroxyl groups is 1. The van der Waals surface area contributed by atoms with Crippen molar-refractivity contribution in [2.24, 2.45) is 16.2 Å². The Morgan fingerprint density at radius 1 is 0.935 bits per heavy atom. The summed E-state index contributed by atoms with van der Waals surface area (Å²) in [7, 11) is 0. The topological polar surface area (TPSA) is 170 Å². The Bertz CT molecular complexity index is 2100. The summed E-state index contributed by atoms with van der Waals surface area (Å²) < 4.78 is 12.0. The molecule has 0 aromatic heterocycles. The quantitative estimate of drug-likeness (QED) is 0.101. The number of aryl methyl sites for hydroxylation is 1. The van der Waals surface area contributed by atoms with Crippen molar-refractivity contribution in [3.8, 4) is 11.8 Å². The number of hydrogen-bond acceptors (Lipinski definition) is 8. The highest BCUT2D eigenvalue weighted by Gasteiger charge is 2.64. The maximum Gasteiger partial charge on any atom is 0.251 e. The van der Waals surface area contributed by atoms with Crippen LogP contribution in [0.2, 0.25) is 10.0 Å². The summed E-state index contributed by atoms with van der Waals surface area (Å²) in [5.74, 6) is -0.826. The van der Waals surface area contributed by atoms with Crippen LogP contribution in [-0.2, 0) is 25.5 Å². The Morgan fingerprint density at radius 2 is 1.60 bits per heavy atom. The highest BCUT2D eigenvalue weighted by molar-refractivity contribution is 6.31. The van der Waals surface area contributed by atoms with Crippen molar-refractivity contribution >= 4 is 46.8 Å². The van der Waals surface area contributed by atoms with E-state index in [4.69, 9.17) is 32.7 Å². The van der Waals surface area contributed by atoms with Crippen LogP contribution >= 0.6 is 23.2 Å². The standard InChI is InChI=1S/C48H61Cl2N5O7/c1-29(31-17-20-34(49)21-18-31)52-42(59)38-24-35(56)27-55(38)43(60)40(46(2,3)4)53-39(57)28-61-23-11-9-10-12-30-13-15-32(16-14-30)41(58)54-44-47(5,6)45(48(44,7)8)62-36-22-19-33(26-51)37(50)25-36/h13-22,25,29,35,38,40,44-45,56H,9-12,23-24,27-28H2,1-8H3,(H,52,59)(H,53,57)(H,54,58)/t29-,35+,38?,40+,44?,45?/m0/s1. The second kappa shape index (κ2) is 20.2. The van der Waals surface area contributed by atoms with E-state index in [1.54, 1.807) is 30.3 Å². The van der Waals surface area contributed by atoms with Crippen LogP contribution in [0.3, 0.4) is 0 Å². The van der Waals surface area contributed by atoms with Gasteiger partial charge in [-0.25, -0.2) is 0 Å². The molecule has 1 saturated heterocycles. The number of β-amino-alcohol motifs (C(OH)–C–C–N with tert-alkyl or cyclic N) is 1. The number of halogens is 2. The summed E-state index contributed by atoms with van der Waals surface area (Å²) in [6.07, 6.45) is 2.35. The third-order valence-electron chi connectivity index (χ3n) is 12.1. The predicted octanol–water partition coefficient (Wildman–Crippen LogP) is 7.58. The van der Waals surface area contributed by atoms with Crippen LogP contribution < -0.4 is 20.7 Å². The van der Waals surface area contributed by atoms with Gasteiger partial charge in [0.1, 0.15) is 36.6 Å². The molecule has 0 spiro atoms. The molecular weight excluding hydrogens is 829 g/mol. The van der Waals surface area contributed by atoms with Crippen LogP contribution in [0.4, 0.5) is 0 Å². The molecule has 2 fully saturated rings. The normalized spacial score (nSPS) is 21.2. The SMILES string of the molecule is C[C@H](NC(=O)C1C[C@@H](O)CN1C(=O)[C@@H](NC(=O)COCCCCCc1ccc(C(=O)NC2C(C)(C)C(Oc3ccc(C#N)c(Cl)c3)C2(C)C)cc1)C(C)(C)C)c1ccc(Cl)cc1. The molecule has 1 heterocycles. The van der Waals surface area contributed by atoms with Gasteiger partial charge >= 0.3 is 0 Å². The molecule has 4 N–H and O–H groups in total. The van der Waals surface area contributed by atoms with Crippen molar-refractivity contribution in [1.82, 2.24) is 20.9 Å². The largest absolute Gasteiger partial charge is 0.489 e. The minimum Gasteiger partial charge on any atom is -0.489 e. The lowest BCUT2D eigenvalue weighted by molar-refractivity contribution is -0.164. The van der Waals surface area contributed by atoms with E-state index >= 15 is 0 Å². The smallest absolute Gasteiger partial charge is 0.251 e. The lowest BCUT2D eigenvalue weighted by Crippen LogP contribution is -2.74. The van der Waals surface area contributed by atoms with Gasteiger partial charge in [0.25, 0.3) is 5.91 Å². The zero-order valence-electron chi connectivity index (χ0n) is 37.0. The van der Waals surface area contributed by atoms with Gasteiger partial charge in [-0.3, -0.25) is 19.2 Å². The number of carbonyl (C=O) groups is 4. The van der Waals surface area contributed by atoms with Crippen LogP contribution in [-0.4, -0.2) is 83.7 Å². The lowest BCUT2D eigenvalue weighted by atomic mass is 9.49. The van der Waals surface area contributed by atoms with Crippen molar-refractivity contribution in [1.29, 1.82) is 5.26 Å². The number of benzene rings is 3. The molecule has 14 heteroatoms. The number of carbonyl (C=O) groups excluding carboxylic acids is 4. The maximum absolute atomic E-state index is 13.9. The van der Waals surface area contributed by atoms with E-state index in [9.17, 15) is 29.5 Å². The zero-order chi connectivity index (χ0) is 45.6. The number of unbranched alkanes of at least 4 members (excludes halogenated alkanes) is 2. The average Bonchev–Trinajstić information content (AvgIpc) is 3.61. The average molecular weight is 891 g/mol. The third-order valence-corrected chi connectivity index (χ3v) is 12.7. The number of nitrogens with zero attached hydrogens (tertiary/aromatic N) is 2. The molecule has 5 rings (SSSR count). The van der Waals surface area contributed by atoms with Gasteiger partial charge in [-0.15, -0.1) is 0 Å². The van der Waals surface area contributed by atoms with Gasteiger partial charge in [-0.2, -0.15) is 5.26 Å². The Kier molecular flexibility index (Phi) is 15.8. The fraction of sp³-hybridized carbons (Fsp3) is 0.521. The lowest BCUT2D eigenvalue weighted by Gasteiger charge is -2.63.